The molecule has 0 N–H and O–H groups in total. The van der Waals surface area contributed by atoms with E-state index in [-0.39, 0.29) is 0 Å². The molecular formula is C8H10F8O2S. The maximum Gasteiger partial charge on any atom is 0.435 e. The summed E-state index contributed by atoms with van der Waals surface area (Å²) in [5, 5.41) is -5.88. The Morgan fingerprint density at radius 1 is 0.737 bits per heavy atom. The summed E-state index contributed by atoms with van der Waals surface area (Å²) < 4.78 is 117. The van der Waals surface area contributed by atoms with Crippen LogP contribution in [0.4, 0.5) is 34.6 Å². The Hall–Kier alpha value is -0.610. The van der Waals surface area contributed by atoms with Gasteiger partial charge in [0.1, 0.15) is 0 Å². The minimum atomic E-state index is -6.79. The Bertz CT molecular complexity index is 386. The first-order chi connectivity index (χ1) is 8.21. The predicted molar refractivity (Wildman–Crippen MR) is 49.1 cm³/mol. The van der Waals surface area contributed by atoms with Crippen molar-refractivity contribution in [3.05, 3.63) is 0 Å². The van der Waals surface area contributed by atoms with E-state index in [1.54, 1.807) is 0 Å². The third-order valence-electron chi connectivity index (χ3n) is 2.18. The summed E-state index contributed by atoms with van der Waals surface area (Å²) >= 11 is 0. The molecule has 0 aliphatic carbocycles. The zero-order valence-corrected chi connectivity index (χ0v) is 10.1. The lowest BCUT2D eigenvalue weighted by molar-refractivity contribution is -0.164. The topological polar surface area (TPSA) is 34.1 Å². The highest BCUT2D eigenvalue weighted by molar-refractivity contribution is 7.87. The van der Waals surface area contributed by atoms with Crippen LogP contribution in [-0.2, 0) is 10.2 Å². The van der Waals surface area contributed by atoms with Crippen molar-refractivity contribution in [2.24, 2.45) is 0 Å². The molecule has 0 aliphatic rings. The third-order valence-corrected chi connectivity index (χ3v) is 3.09. The average molecular weight is 322 g/mol. The minimum Gasteiger partial charge on any atom is -0.198 e. The van der Waals surface area contributed by atoms with Crippen LogP contribution in [0.3, 0.4) is 0 Å². The molecule has 0 atom stereocenters. The summed E-state index contributed by atoms with van der Waals surface area (Å²) in [4.78, 5) is 0. The van der Waals surface area contributed by atoms with Crippen LogP contribution in [0.5, 0.6) is 0 Å². The second-order valence-electron chi connectivity index (χ2n) is 3.83. The summed E-state index contributed by atoms with van der Waals surface area (Å²) in [5.41, 5.74) is 0. The Morgan fingerprint density at radius 3 is 1.53 bits per heavy atom. The lowest BCUT2D eigenvalue weighted by Crippen LogP contribution is -2.45. The van der Waals surface area contributed by atoms with E-state index in [2.05, 4.69) is 0 Å². The maximum absolute atomic E-state index is 12.8. The van der Waals surface area contributed by atoms with Crippen molar-refractivity contribution in [1.29, 1.82) is 0 Å². The molecule has 0 aliphatic heterocycles. The predicted octanol–water partition coefficient (Wildman–Crippen LogP) is 4.03. The number of hydrogen-bond donors (Lipinski definition) is 0. The van der Waals surface area contributed by atoms with Crippen LogP contribution in [0.2, 0.25) is 0 Å². The fraction of sp³-hybridized carbons (Fsp3) is 1.00. The third kappa shape index (κ3) is 5.49. The van der Waals surface area contributed by atoms with Gasteiger partial charge in [0.25, 0.3) is 0 Å². The molecule has 0 aromatic heterocycles. The highest BCUT2D eigenvalue weighted by Crippen LogP contribution is 2.43. The highest BCUT2D eigenvalue weighted by Gasteiger charge is 2.65. The normalized spacial score (nSPS) is 14.7. The molecule has 0 heterocycles. The van der Waals surface area contributed by atoms with Crippen molar-refractivity contribution >= 4 is 10.2 Å². The van der Waals surface area contributed by atoms with Gasteiger partial charge in [-0.15, -0.1) is 0 Å². The van der Waals surface area contributed by atoms with Gasteiger partial charge in [0.05, 0.1) is 0 Å². The first-order valence-corrected chi connectivity index (χ1v) is 6.36. The zero-order valence-electron chi connectivity index (χ0n) is 9.28. The smallest absolute Gasteiger partial charge is 0.198 e. The van der Waals surface area contributed by atoms with Gasteiger partial charge in [0.2, 0.25) is 0 Å². The molecule has 0 bridgehead atoms. The lowest BCUT2D eigenvalue weighted by atomic mass is 10.1. The SMILES string of the molecule is O=S(=O)(F)C(F)(F)C(F)(F)CCCCCC(F)(F)F. The first-order valence-electron chi connectivity index (χ1n) is 4.97. The Balaban J connectivity index is 4.34. The number of hydrogen-bond acceptors (Lipinski definition) is 2. The Morgan fingerprint density at radius 2 is 1.16 bits per heavy atom. The zero-order chi connectivity index (χ0) is 15.5. The van der Waals surface area contributed by atoms with E-state index >= 15 is 0 Å². The fourth-order valence-corrected chi connectivity index (χ4v) is 1.63. The molecule has 0 radical (unpaired) electrons. The van der Waals surface area contributed by atoms with Crippen LogP contribution >= 0.6 is 0 Å². The first kappa shape index (κ1) is 18.4. The second-order valence-corrected chi connectivity index (χ2v) is 5.22. The largest absolute Gasteiger partial charge is 0.435 e. The standard InChI is InChI=1S/C8H10F8O2S/c9-6(10,8(14,15)19(16,17)18)4-2-1-3-5-7(11,12)13/h1-5H2. The van der Waals surface area contributed by atoms with Crippen molar-refractivity contribution in [2.45, 2.75) is 49.5 Å². The minimum absolute atomic E-state index is 0.461. The molecule has 0 saturated heterocycles. The summed E-state index contributed by atoms with van der Waals surface area (Å²) in [6.45, 7) is 0. The van der Waals surface area contributed by atoms with Gasteiger partial charge in [-0.25, -0.2) is 0 Å². The van der Waals surface area contributed by atoms with E-state index in [1.807, 2.05) is 0 Å². The fourth-order valence-electron chi connectivity index (χ4n) is 1.17. The van der Waals surface area contributed by atoms with E-state index in [9.17, 15) is 43.0 Å². The van der Waals surface area contributed by atoms with Gasteiger partial charge in [0.15, 0.2) is 0 Å². The molecule has 19 heavy (non-hydrogen) atoms. The van der Waals surface area contributed by atoms with Crippen LogP contribution in [-0.4, -0.2) is 25.8 Å². The van der Waals surface area contributed by atoms with Crippen molar-refractivity contribution in [3.8, 4) is 0 Å². The number of halogens is 8. The van der Waals surface area contributed by atoms with Crippen LogP contribution in [0, 0.1) is 0 Å². The van der Waals surface area contributed by atoms with Crippen LogP contribution in [0.25, 0.3) is 0 Å². The Labute approximate surface area is 104 Å². The molecule has 2 nitrogen and oxygen atoms in total. The van der Waals surface area contributed by atoms with Gasteiger partial charge in [-0.1, -0.05) is 10.3 Å². The quantitative estimate of drug-likeness (QED) is 0.403. The second kappa shape index (κ2) is 5.80. The van der Waals surface area contributed by atoms with Crippen LogP contribution in [0.1, 0.15) is 32.1 Å². The van der Waals surface area contributed by atoms with E-state index in [0.717, 1.165) is 0 Å². The summed E-state index contributed by atoms with van der Waals surface area (Å²) in [7, 11) is -6.79. The van der Waals surface area contributed by atoms with Crippen molar-refractivity contribution in [2.75, 3.05) is 0 Å². The molecule has 0 aromatic carbocycles. The lowest BCUT2D eigenvalue weighted by Gasteiger charge is -2.22. The maximum atomic E-state index is 12.8. The molecule has 0 saturated carbocycles. The van der Waals surface area contributed by atoms with Crippen molar-refractivity contribution < 1.29 is 43.0 Å². The molecule has 0 unspecified atom stereocenters. The van der Waals surface area contributed by atoms with Gasteiger partial charge >= 0.3 is 27.6 Å². The Kier molecular flexibility index (Phi) is 5.61. The van der Waals surface area contributed by atoms with Gasteiger partial charge < -0.3 is 0 Å². The molecule has 0 aromatic rings. The molecule has 0 amide bonds. The summed E-state index contributed by atoms with van der Waals surface area (Å²) in [5.74, 6) is -5.17. The molecule has 0 spiro atoms. The van der Waals surface area contributed by atoms with E-state index in [1.165, 1.54) is 0 Å². The average Bonchev–Trinajstić information content (AvgIpc) is 2.12. The van der Waals surface area contributed by atoms with Crippen LogP contribution < -0.4 is 0 Å². The molecular weight excluding hydrogens is 312 g/mol. The van der Waals surface area contributed by atoms with Gasteiger partial charge in [-0.05, 0) is 12.8 Å². The van der Waals surface area contributed by atoms with E-state index in [4.69, 9.17) is 0 Å². The monoisotopic (exact) mass is 322 g/mol. The van der Waals surface area contributed by atoms with Gasteiger partial charge in [0, 0.05) is 12.8 Å². The van der Waals surface area contributed by atoms with Crippen molar-refractivity contribution in [3.63, 3.8) is 0 Å². The molecule has 11 heteroatoms. The van der Waals surface area contributed by atoms with Gasteiger partial charge in [-0.3, -0.25) is 0 Å². The van der Waals surface area contributed by atoms with E-state index in [0.29, 0.717) is 0 Å². The summed E-state index contributed by atoms with van der Waals surface area (Å²) in [6.07, 6.45) is -9.29. The van der Waals surface area contributed by atoms with Crippen LogP contribution in [0.15, 0.2) is 0 Å². The number of rotatable bonds is 7. The summed E-state index contributed by atoms with van der Waals surface area (Å²) in [6, 6.07) is 0. The highest BCUT2D eigenvalue weighted by atomic mass is 32.3. The van der Waals surface area contributed by atoms with E-state index < -0.39 is 59.7 Å². The molecule has 0 rings (SSSR count). The van der Waals surface area contributed by atoms with Crippen molar-refractivity contribution in [1.82, 2.24) is 0 Å². The molecule has 116 valence electrons. The number of unbranched alkanes of at least 4 members (excludes halogenated alkanes) is 2. The van der Waals surface area contributed by atoms with Gasteiger partial charge in [-0.2, -0.15) is 39.2 Å². The number of alkyl halides is 7. The molecule has 0 fully saturated rings.